The van der Waals surface area contributed by atoms with E-state index in [0.717, 1.165) is 6.42 Å². The van der Waals surface area contributed by atoms with Gasteiger partial charge in [-0.15, -0.1) is 0 Å². The molecular formula is C10H17NO4S. The summed E-state index contributed by atoms with van der Waals surface area (Å²) in [4.78, 5) is 21.5. The third-order valence-electron chi connectivity index (χ3n) is 2.48. The number of carbonyl (C=O) groups is 2. The van der Waals surface area contributed by atoms with Gasteiger partial charge in [0.2, 0.25) is 5.91 Å². The van der Waals surface area contributed by atoms with Gasteiger partial charge in [0, 0.05) is 23.5 Å². The molecule has 0 bridgehead atoms. The minimum atomic E-state index is -1.16. The Morgan fingerprint density at radius 2 is 2.12 bits per heavy atom. The number of carbonyl (C=O) groups excluding carboxylic acids is 1. The van der Waals surface area contributed by atoms with Gasteiger partial charge in [0.15, 0.2) is 0 Å². The molecule has 2 N–H and O–H groups in total. The number of rotatable bonds is 7. The van der Waals surface area contributed by atoms with E-state index in [9.17, 15) is 13.8 Å². The lowest BCUT2D eigenvalue weighted by Crippen LogP contribution is -2.43. The van der Waals surface area contributed by atoms with Gasteiger partial charge in [0.1, 0.15) is 6.04 Å². The van der Waals surface area contributed by atoms with Gasteiger partial charge in [-0.25, -0.2) is 4.79 Å². The van der Waals surface area contributed by atoms with Crippen LogP contribution in [0.25, 0.3) is 0 Å². The van der Waals surface area contributed by atoms with Gasteiger partial charge in [-0.05, 0) is 12.3 Å². The van der Waals surface area contributed by atoms with Crippen molar-refractivity contribution < 1.29 is 18.9 Å². The summed E-state index contributed by atoms with van der Waals surface area (Å²) in [6.07, 6.45) is 3.30. The summed E-state index contributed by atoms with van der Waals surface area (Å²) in [6, 6.07) is -1.03. The van der Waals surface area contributed by atoms with Crippen LogP contribution in [-0.4, -0.2) is 38.7 Å². The van der Waals surface area contributed by atoms with Crippen molar-refractivity contribution in [3.8, 4) is 0 Å². The molecule has 1 unspecified atom stereocenters. The zero-order valence-electron chi connectivity index (χ0n) is 9.27. The molecule has 1 saturated carbocycles. The normalized spacial score (nSPS) is 18.8. The molecule has 0 aromatic heterocycles. The number of carboxylic acids is 1. The fourth-order valence-electron chi connectivity index (χ4n) is 1.39. The highest BCUT2D eigenvalue weighted by Crippen LogP contribution is 2.32. The van der Waals surface area contributed by atoms with Crippen molar-refractivity contribution >= 4 is 22.7 Å². The van der Waals surface area contributed by atoms with Crippen LogP contribution in [0.2, 0.25) is 0 Å². The van der Waals surface area contributed by atoms with Crippen LogP contribution >= 0.6 is 0 Å². The van der Waals surface area contributed by atoms with E-state index in [0.29, 0.717) is 11.7 Å². The first-order valence-electron chi connectivity index (χ1n) is 5.34. The van der Waals surface area contributed by atoms with Crippen molar-refractivity contribution in [3.05, 3.63) is 0 Å². The summed E-state index contributed by atoms with van der Waals surface area (Å²) in [6.45, 7) is 1.25. The largest absolute Gasteiger partial charge is 0.480 e. The maximum atomic E-state index is 11.6. The minimum Gasteiger partial charge on any atom is -0.480 e. The summed E-state index contributed by atoms with van der Waals surface area (Å²) < 4.78 is 11.6. The van der Waals surface area contributed by atoms with Gasteiger partial charge in [-0.1, -0.05) is 12.8 Å². The van der Waals surface area contributed by atoms with Crippen molar-refractivity contribution in [2.75, 3.05) is 11.5 Å². The summed E-state index contributed by atoms with van der Waals surface area (Å²) in [5.74, 6) is -0.315. The molecule has 6 heteroatoms. The molecule has 0 aromatic carbocycles. The Labute approximate surface area is 97.1 Å². The first-order valence-corrected chi connectivity index (χ1v) is 6.82. The first-order chi connectivity index (χ1) is 7.49. The number of nitrogens with one attached hydrogen (secondary N) is 1. The molecule has 1 aliphatic rings. The van der Waals surface area contributed by atoms with Crippen LogP contribution in [0.15, 0.2) is 0 Å². The van der Waals surface area contributed by atoms with Crippen molar-refractivity contribution in [1.82, 2.24) is 5.32 Å². The number of amides is 1. The van der Waals surface area contributed by atoms with Crippen LogP contribution in [0.1, 0.15) is 26.2 Å². The minimum absolute atomic E-state index is 0.00162. The average molecular weight is 247 g/mol. The van der Waals surface area contributed by atoms with E-state index in [-0.39, 0.29) is 5.75 Å². The predicted molar refractivity (Wildman–Crippen MR) is 60.5 cm³/mol. The highest BCUT2D eigenvalue weighted by molar-refractivity contribution is 7.85. The SMILES string of the molecule is CC(=O)N[C@@H](CS(=O)CCC1CC1)C(=O)O. The maximum Gasteiger partial charge on any atom is 0.327 e. The molecule has 92 valence electrons. The molecule has 0 radical (unpaired) electrons. The second-order valence-electron chi connectivity index (χ2n) is 4.13. The quantitative estimate of drug-likeness (QED) is 0.669. The first kappa shape index (κ1) is 13.2. The molecule has 1 rings (SSSR count). The zero-order chi connectivity index (χ0) is 12.1. The summed E-state index contributed by atoms with van der Waals surface area (Å²) in [5.41, 5.74) is 0. The highest BCUT2D eigenvalue weighted by atomic mass is 32.2. The van der Waals surface area contributed by atoms with E-state index >= 15 is 0 Å². The van der Waals surface area contributed by atoms with Crippen molar-refractivity contribution in [3.63, 3.8) is 0 Å². The molecule has 1 amide bonds. The topological polar surface area (TPSA) is 83.5 Å². The van der Waals surface area contributed by atoms with Crippen LogP contribution in [0.5, 0.6) is 0 Å². The fourth-order valence-corrected chi connectivity index (χ4v) is 2.75. The summed E-state index contributed by atoms with van der Waals surface area (Å²) in [5, 5.41) is 11.1. The Morgan fingerprint density at radius 1 is 1.50 bits per heavy atom. The average Bonchev–Trinajstić information content (AvgIpc) is 2.96. The van der Waals surface area contributed by atoms with Crippen LogP contribution < -0.4 is 5.32 Å². The number of hydrogen-bond acceptors (Lipinski definition) is 3. The second-order valence-corrected chi connectivity index (χ2v) is 5.76. The van der Waals surface area contributed by atoms with Crippen LogP contribution in [0.3, 0.4) is 0 Å². The number of aliphatic carboxylic acids is 1. The van der Waals surface area contributed by atoms with E-state index in [4.69, 9.17) is 5.11 Å². The molecule has 1 aliphatic carbocycles. The van der Waals surface area contributed by atoms with Crippen LogP contribution in [-0.2, 0) is 20.4 Å². The molecule has 5 nitrogen and oxygen atoms in total. The molecule has 16 heavy (non-hydrogen) atoms. The fraction of sp³-hybridized carbons (Fsp3) is 0.800. The van der Waals surface area contributed by atoms with E-state index in [2.05, 4.69) is 5.32 Å². The Bertz CT molecular complexity index is 301. The molecular weight excluding hydrogens is 230 g/mol. The monoisotopic (exact) mass is 247 g/mol. The van der Waals surface area contributed by atoms with Gasteiger partial charge in [0.05, 0.1) is 5.75 Å². The molecule has 0 aliphatic heterocycles. The van der Waals surface area contributed by atoms with Gasteiger partial charge in [-0.2, -0.15) is 0 Å². The Balaban J connectivity index is 2.30. The van der Waals surface area contributed by atoms with Gasteiger partial charge in [0.25, 0.3) is 0 Å². The van der Waals surface area contributed by atoms with Gasteiger partial charge < -0.3 is 10.4 Å². The molecule has 2 atom stereocenters. The Morgan fingerprint density at radius 3 is 2.56 bits per heavy atom. The van der Waals surface area contributed by atoms with E-state index < -0.39 is 28.7 Å². The highest BCUT2D eigenvalue weighted by Gasteiger charge is 2.24. The maximum absolute atomic E-state index is 11.6. The number of carboxylic acid groups (broad SMARTS) is 1. The van der Waals surface area contributed by atoms with E-state index in [1.54, 1.807) is 0 Å². The van der Waals surface area contributed by atoms with Crippen LogP contribution in [0, 0.1) is 5.92 Å². The predicted octanol–water partition coefficient (Wildman–Crippen LogP) is 0.124. The lowest BCUT2D eigenvalue weighted by molar-refractivity contribution is -0.140. The lowest BCUT2D eigenvalue weighted by Gasteiger charge is -2.12. The third kappa shape index (κ3) is 5.25. The molecule has 0 spiro atoms. The van der Waals surface area contributed by atoms with Crippen LogP contribution in [0.4, 0.5) is 0 Å². The molecule has 0 saturated heterocycles. The lowest BCUT2D eigenvalue weighted by atomic mass is 10.3. The van der Waals surface area contributed by atoms with E-state index in [1.165, 1.54) is 19.8 Å². The third-order valence-corrected chi connectivity index (χ3v) is 3.88. The Hall–Kier alpha value is -0.910. The standard InChI is InChI=1S/C10H17NO4S/c1-7(12)11-9(10(13)14)6-16(15)5-4-8-2-3-8/h8-9H,2-6H2,1H3,(H,11,12)(H,13,14)/t9-,16?/m0/s1. The smallest absolute Gasteiger partial charge is 0.327 e. The van der Waals surface area contributed by atoms with E-state index in [1.807, 2.05) is 0 Å². The number of hydrogen-bond donors (Lipinski definition) is 2. The molecule has 0 aromatic rings. The van der Waals surface area contributed by atoms with Gasteiger partial charge in [-0.3, -0.25) is 9.00 Å². The molecule has 0 heterocycles. The van der Waals surface area contributed by atoms with Crippen molar-refractivity contribution in [1.29, 1.82) is 0 Å². The second kappa shape index (κ2) is 5.98. The molecule has 1 fully saturated rings. The zero-order valence-corrected chi connectivity index (χ0v) is 10.1. The van der Waals surface area contributed by atoms with Crippen molar-refractivity contribution in [2.24, 2.45) is 5.92 Å². The summed E-state index contributed by atoms with van der Waals surface area (Å²) in [7, 11) is -1.16. The Kier molecular flexibility index (Phi) is 4.92. The van der Waals surface area contributed by atoms with Gasteiger partial charge >= 0.3 is 5.97 Å². The van der Waals surface area contributed by atoms with Crippen molar-refractivity contribution in [2.45, 2.75) is 32.2 Å². The summed E-state index contributed by atoms with van der Waals surface area (Å²) >= 11 is 0.